The Kier molecular flexibility index (Phi) is 3.61. The average molecular weight is 326 g/mol. The molecule has 1 aromatic heterocycles. The third-order valence-electron chi connectivity index (χ3n) is 3.22. The lowest BCUT2D eigenvalue weighted by Gasteiger charge is -2.19. The molecule has 1 aromatic carbocycles. The minimum Gasteiger partial charge on any atom is -0.337 e. The highest BCUT2D eigenvalue weighted by molar-refractivity contribution is 9.10. The van der Waals surface area contributed by atoms with Crippen molar-refractivity contribution in [2.24, 2.45) is 0 Å². The van der Waals surface area contributed by atoms with Crippen LogP contribution < -0.4 is 5.32 Å². The van der Waals surface area contributed by atoms with Crippen LogP contribution in [0.4, 0.5) is 4.39 Å². The zero-order chi connectivity index (χ0) is 13.2. The average Bonchev–Trinajstić information content (AvgIpc) is 2.92. The van der Waals surface area contributed by atoms with Gasteiger partial charge in [-0.15, -0.1) is 0 Å². The second-order valence-corrected chi connectivity index (χ2v) is 5.44. The minimum absolute atomic E-state index is 0.113. The van der Waals surface area contributed by atoms with E-state index >= 15 is 0 Å². The molecule has 1 aliphatic rings. The molecule has 6 heteroatoms. The van der Waals surface area contributed by atoms with Crippen molar-refractivity contribution in [2.45, 2.75) is 25.3 Å². The molecule has 1 N–H and O–H groups in total. The molecular weight excluding hydrogens is 313 g/mol. The van der Waals surface area contributed by atoms with Crippen molar-refractivity contribution in [3.8, 4) is 11.4 Å². The number of halogens is 2. The molecule has 100 valence electrons. The fraction of sp³-hybridized carbons (Fsp3) is 0.385. The van der Waals surface area contributed by atoms with E-state index in [-0.39, 0.29) is 11.9 Å². The van der Waals surface area contributed by atoms with E-state index < -0.39 is 0 Å². The molecule has 1 fully saturated rings. The van der Waals surface area contributed by atoms with Gasteiger partial charge in [0, 0.05) is 10.0 Å². The van der Waals surface area contributed by atoms with Gasteiger partial charge in [-0.1, -0.05) is 27.5 Å². The van der Waals surface area contributed by atoms with Gasteiger partial charge in [0.1, 0.15) is 5.82 Å². The summed E-state index contributed by atoms with van der Waals surface area (Å²) in [6, 6.07) is 4.53. The first-order valence-corrected chi connectivity index (χ1v) is 7.06. The number of hydrogen-bond acceptors (Lipinski definition) is 4. The molecule has 4 nitrogen and oxygen atoms in total. The van der Waals surface area contributed by atoms with Crippen LogP contribution in [0.1, 0.15) is 31.2 Å². The summed E-state index contributed by atoms with van der Waals surface area (Å²) in [4.78, 5) is 4.37. The van der Waals surface area contributed by atoms with Gasteiger partial charge in [0.15, 0.2) is 0 Å². The molecule has 0 radical (unpaired) electrons. The largest absolute Gasteiger partial charge is 0.337 e. The SMILES string of the molecule is Fc1ccc(Br)c(-c2noc(C3CCCCN3)n2)c1. The summed E-state index contributed by atoms with van der Waals surface area (Å²) in [6.07, 6.45) is 3.32. The highest BCUT2D eigenvalue weighted by Gasteiger charge is 2.22. The summed E-state index contributed by atoms with van der Waals surface area (Å²) in [5.74, 6) is 0.667. The molecule has 2 heterocycles. The van der Waals surface area contributed by atoms with Crippen LogP contribution in [0.25, 0.3) is 11.4 Å². The molecule has 0 spiro atoms. The van der Waals surface area contributed by atoms with Crippen molar-refractivity contribution in [1.29, 1.82) is 0 Å². The fourth-order valence-electron chi connectivity index (χ4n) is 2.22. The highest BCUT2D eigenvalue weighted by atomic mass is 79.9. The molecule has 1 saturated heterocycles. The van der Waals surface area contributed by atoms with E-state index in [1.807, 2.05) is 0 Å². The smallest absolute Gasteiger partial charge is 0.244 e. The fourth-order valence-corrected chi connectivity index (χ4v) is 2.64. The summed E-state index contributed by atoms with van der Waals surface area (Å²) >= 11 is 3.37. The van der Waals surface area contributed by atoms with Gasteiger partial charge >= 0.3 is 0 Å². The monoisotopic (exact) mass is 325 g/mol. The summed E-state index contributed by atoms with van der Waals surface area (Å²) in [5, 5.41) is 7.28. The quantitative estimate of drug-likeness (QED) is 0.918. The minimum atomic E-state index is -0.319. The number of benzene rings is 1. The zero-order valence-corrected chi connectivity index (χ0v) is 11.8. The molecule has 0 aliphatic carbocycles. The first-order valence-electron chi connectivity index (χ1n) is 6.26. The summed E-state index contributed by atoms with van der Waals surface area (Å²) < 4.78 is 19.3. The van der Waals surface area contributed by atoms with Gasteiger partial charge in [0.25, 0.3) is 0 Å². The Balaban J connectivity index is 1.89. The Morgan fingerprint density at radius 1 is 1.37 bits per heavy atom. The van der Waals surface area contributed by atoms with Gasteiger partial charge in [-0.3, -0.25) is 0 Å². The number of piperidine rings is 1. The van der Waals surface area contributed by atoms with Crippen LogP contribution >= 0.6 is 15.9 Å². The number of aromatic nitrogens is 2. The molecule has 1 aliphatic heterocycles. The van der Waals surface area contributed by atoms with Gasteiger partial charge in [-0.05, 0) is 37.6 Å². The molecule has 1 unspecified atom stereocenters. The van der Waals surface area contributed by atoms with Crippen LogP contribution in [-0.4, -0.2) is 16.7 Å². The van der Waals surface area contributed by atoms with E-state index in [1.165, 1.54) is 18.6 Å². The van der Waals surface area contributed by atoms with Gasteiger partial charge in [-0.2, -0.15) is 4.98 Å². The number of hydrogen-bond donors (Lipinski definition) is 1. The van der Waals surface area contributed by atoms with Crippen LogP contribution in [0.15, 0.2) is 27.2 Å². The van der Waals surface area contributed by atoms with E-state index in [1.54, 1.807) is 6.07 Å². The molecule has 1 atom stereocenters. The van der Waals surface area contributed by atoms with Gasteiger partial charge in [-0.25, -0.2) is 4.39 Å². The van der Waals surface area contributed by atoms with E-state index in [0.717, 1.165) is 23.9 Å². The van der Waals surface area contributed by atoms with Crippen LogP contribution in [0.5, 0.6) is 0 Å². The first kappa shape index (κ1) is 12.7. The van der Waals surface area contributed by atoms with Crippen molar-refractivity contribution in [3.63, 3.8) is 0 Å². The van der Waals surface area contributed by atoms with E-state index in [9.17, 15) is 4.39 Å². The molecule has 0 bridgehead atoms. The normalized spacial score (nSPS) is 19.6. The molecule has 2 aromatic rings. The van der Waals surface area contributed by atoms with Crippen LogP contribution in [0.3, 0.4) is 0 Å². The Labute approximate surface area is 118 Å². The third kappa shape index (κ3) is 2.69. The topological polar surface area (TPSA) is 51.0 Å². The van der Waals surface area contributed by atoms with E-state index in [2.05, 4.69) is 31.4 Å². The molecule has 19 heavy (non-hydrogen) atoms. The number of rotatable bonds is 2. The summed E-state index contributed by atoms with van der Waals surface area (Å²) in [6.45, 7) is 0.964. The van der Waals surface area contributed by atoms with Crippen LogP contribution in [-0.2, 0) is 0 Å². The highest BCUT2D eigenvalue weighted by Crippen LogP contribution is 2.29. The standard InChI is InChI=1S/C13H13BrFN3O/c14-10-5-4-8(15)7-9(10)12-17-13(19-18-12)11-3-1-2-6-16-11/h4-5,7,11,16H,1-3,6H2. The predicted octanol–water partition coefficient (Wildman–Crippen LogP) is 3.45. The predicted molar refractivity (Wildman–Crippen MR) is 72.0 cm³/mol. The lowest BCUT2D eigenvalue weighted by Crippen LogP contribution is -2.26. The van der Waals surface area contributed by atoms with Crippen molar-refractivity contribution >= 4 is 15.9 Å². The molecule has 0 saturated carbocycles. The third-order valence-corrected chi connectivity index (χ3v) is 3.91. The lowest BCUT2D eigenvalue weighted by molar-refractivity contribution is 0.297. The molecular formula is C13H13BrFN3O. The maximum Gasteiger partial charge on any atom is 0.244 e. The number of nitrogens with one attached hydrogen (secondary N) is 1. The Hall–Kier alpha value is -1.27. The van der Waals surface area contributed by atoms with Gasteiger partial charge in [0.05, 0.1) is 6.04 Å². The van der Waals surface area contributed by atoms with Gasteiger partial charge < -0.3 is 9.84 Å². The van der Waals surface area contributed by atoms with Gasteiger partial charge in [0.2, 0.25) is 11.7 Å². The molecule has 0 amide bonds. The lowest BCUT2D eigenvalue weighted by atomic mass is 10.1. The summed E-state index contributed by atoms with van der Waals surface area (Å²) in [7, 11) is 0. The second-order valence-electron chi connectivity index (χ2n) is 4.58. The number of nitrogens with zero attached hydrogens (tertiary/aromatic N) is 2. The van der Waals surface area contributed by atoms with Crippen LogP contribution in [0, 0.1) is 5.82 Å². The Morgan fingerprint density at radius 2 is 2.26 bits per heavy atom. The van der Waals surface area contributed by atoms with Crippen molar-refractivity contribution in [3.05, 3.63) is 34.4 Å². The maximum absolute atomic E-state index is 13.3. The maximum atomic E-state index is 13.3. The van der Waals surface area contributed by atoms with Crippen molar-refractivity contribution < 1.29 is 8.91 Å². The molecule has 3 rings (SSSR count). The van der Waals surface area contributed by atoms with E-state index in [0.29, 0.717) is 17.3 Å². The Bertz CT molecular complexity index is 581. The Morgan fingerprint density at radius 3 is 3.05 bits per heavy atom. The van der Waals surface area contributed by atoms with E-state index in [4.69, 9.17) is 4.52 Å². The zero-order valence-electron chi connectivity index (χ0n) is 10.2. The van der Waals surface area contributed by atoms with Crippen LogP contribution in [0.2, 0.25) is 0 Å². The van der Waals surface area contributed by atoms with Crippen molar-refractivity contribution in [2.75, 3.05) is 6.54 Å². The summed E-state index contributed by atoms with van der Waals surface area (Å²) in [5.41, 5.74) is 0.603. The van der Waals surface area contributed by atoms with Crippen molar-refractivity contribution in [1.82, 2.24) is 15.5 Å². The first-order chi connectivity index (χ1) is 9.24. The second kappa shape index (κ2) is 5.38.